The van der Waals surface area contributed by atoms with E-state index in [0.717, 1.165) is 41.8 Å². The molecule has 0 aliphatic carbocycles. The van der Waals surface area contributed by atoms with Gasteiger partial charge in [0.1, 0.15) is 5.75 Å². The molecule has 1 aliphatic heterocycles. The Balaban J connectivity index is 1.76. The topological polar surface area (TPSA) is 45.6 Å². The van der Waals surface area contributed by atoms with Crippen LogP contribution in [0.5, 0.6) is 5.75 Å². The van der Waals surface area contributed by atoms with Gasteiger partial charge in [-0.1, -0.05) is 6.07 Å². The van der Waals surface area contributed by atoms with Gasteiger partial charge in [0.05, 0.1) is 24.9 Å². The van der Waals surface area contributed by atoms with Crippen molar-refractivity contribution in [2.24, 2.45) is 0 Å². The molecule has 0 bridgehead atoms. The summed E-state index contributed by atoms with van der Waals surface area (Å²) in [5.41, 5.74) is 4.47. The largest absolute Gasteiger partial charge is 0.497 e. The Morgan fingerprint density at radius 3 is 2.53 bits per heavy atom. The molecule has 0 unspecified atom stereocenters. The molecule has 6 nitrogen and oxygen atoms in total. The standard InChI is InChI=1S/C25H31N5OS/c1-18-9-14-22(30(18)19-10-12-20(31-4)13-11-19)24-23(21-8-5-6-15-26-21)27-25(32)29(24)17-7-16-28(2)3/h5-6,8-15,23-24H,7,16-17H2,1-4H3,(H,27,32)/t23-,24+/m0/s1. The normalized spacial score (nSPS) is 18.3. The van der Waals surface area contributed by atoms with Gasteiger partial charge in [-0.15, -0.1) is 0 Å². The molecule has 4 rings (SSSR count). The predicted molar refractivity (Wildman–Crippen MR) is 132 cm³/mol. The van der Waals surface area contributed by atoms with E-state index >= 15 is 0 Å². The number of aryl methyl sites for hydroxylation is 1. The minimum Gasteiger partial charge on any atom is -0.497 e. The third-order valence-electron chi connectivity index (χ3n) is 5.94. The van der Waals surface area contributed by atoms with Crippen LogP contribution in [0.3, 0.4) is 0 Å². The van der Waals surface area contributed by atoms with Gasteiger partial charge in [-0.25, -0.2) is 0 Å². The number of ether oxygens (including phenoxy) is 1. The number of hydrogen-bond donors (Lipinski definition) is 1. The van der Waals surface area contributed by atoms with Crippen molar-refractivity contribution >= 4 is 17.3 Å². The first kappa shape index (κ1) is 22.3. The Bertz CT molecular complexity index is 1050. The van der Waals surface area contributed by atoms with E-state index in [9.17, 15) is 0 Å². The van der Waals surface area contributed by atoms with Crippen molar-refractivity contribution in [2.75, 3.05) is 34.3 Å². The molecule has 1 N–H and O–H groups in total. The number of aromatic nitrogens is 2. The zero-order chi connectivity index (χ0) is 22.7. The molecule has 1 aliphatic rings. The van der Waals surface area contributed by atoms with Gasteiger partial charge in [-0.05, 0) is 94.7 Å². The van der Waals surface area contributed by atoms with Crippen LogP contribution in [0.25, 0.3) is 5.69 Å². The van der Waals surface area contributed by atoms with E-state index < -0.39 is 0 Å². The number of hydrogen-bond acceptors (Lipinski definition) is 4. The summed E-state index contributed by atoms with van der Waals surface area (Å²) in [6.07, 6.45) is 2.88. The van der Waals surface area contributed by atoms with Crippen LogP contribution in [0.15, 0.2) is 60.8 Å². The fourth-order valence-corrected chi connectivity index (χ4v) is 4.73. The van der Waals surface area contributed by atoms with Crippen molar-refractivity contribution in [3.8, 4) is 11.4 Å². The maximum atomic E-state index is 5.82. The molecule has 0 radical (unpaired) electrons. The lowest BCUT2D eigenvalue weighted by Crippen LogP contribution is -2.33. The van der Waals surface area contributed by atoms with E-state index in [2.05, 4.69) is 76.0 Å². The lowest BCUT2D eigenvalue weighted by atomic mass is 10.0. The summed E-state index contributed by atoms with van der Waals surface area (Å²) in [4.78, 5) is 9.20. The highest BCUT2D eigenvalue weighted by Gasteiger charge is 2.41. The molecule has 1 fully saturated rings. The summed E-state index contributed by atoms with van der Waals surface area (Å²) in [5.74, 6) is 0.848. The highest BCUT2D eigenvalue weighted by Crippen LogP contribution is 2.40. The minimum atomic E-state index is -0.0191. The smallest absolute Gasteiger partial charge is 0.170 e. The quantitative estimate of drug-likeness (QED) is 0.522. The lowest BCUT2D eigenvalue weighted by molar-refractivity contribution is 0.286. The predicted octanol–water partition coefficient (Wildman–Crippen LogP) is 4.11. The third kappa shape index (κ3) is 4.49. The first-order chi connectivity index (χ1) is 15.5. The molecule has 2 aromatic heterocycles. The fraction of sp³-hybridized carbons (Fsp3) is 0.360. The molecule has 3 heterocycles. The van der Waals surface area contributed by atoms with E-state index in [0.29, 0.717) is 0 Å². The Morgan fingerprint density at radius 1 is 1.09 bits per heavy atom. The number of thiocarbonyl (C=S) groups is 1. The second kappa shape index (κ2) is 9.71. The Morgan fingerprint density at radius 2 is 1.88 bits per heavy atom. The van der Waals surface area contributed by atoms with Gasteiger partial charge >= 0.3 is 0 Å². The van der Waals surface area contributed by atoms with Crippen molar-refractivity contribution in [3.63, 3.8) is 0 Å². The zero-order valence-corrected chi connectivity index (χ0v) is 20.0. The number of benzene rings is 1. The van der Waals surface area contributed by atoms with Gasteiger partial charge in [0.2, 0.25) is 0 Å². The van der Waals surface area contributed by atoms with E-state index in [1.54, 1.807) is 7.11 Å². The van der Waals surface area contributed by atoms with Crippen LogP contribution in [0.2, 0.25) is 0 Å². The van der Waals surface area contributed by atoms with Gasteiger partial charge in [-0.3, -0.25) is 4.98 Å². The van der Waals surface area contributed by atoms with E-state index in [1.807, 2.05) is 30.5 Å². The monoisotopic (exact) mass is 449 g/mol. The highest BCUT2D eigenvalue weighted by atomic mass is 32.1. The third-order valence-corrected chi connectivity index (χ3v) is 6.29. The van der Waals surface area contributed by atoms with Crippen LogP contribution in [-0.4, -0.2) is 58.8 Å². The van der Waals surface area contributed by atoms with E-state index in [-0.39, 0.29) is 12.1 Å². The molecule has 1 aromatic carbocycles. The maximum Gasteiger partial charge on any atom is 0.170 e. The highest BCUT2D eigenvalue weighted by molar-refractivity contribution is 7.80. The number of methoxy groups -OCH3 is 1. The molecule has 0 amide bonds. The molecular formula is C25H31N5OS. The van der Waals surface area contributed by atoms with Crippen LogP contribution in [0.1, 0.15) is 35.6 Å². The fourth-order valence-electron chi connectivity index (χ4n) is 4.40. The van der Waals surface area contributed by atoms with Crippen LogP contribution < -0.4 is 10.1 Å². The molecule has 168 valence electrons. The summed E-state index contributed by atoms with van der Waals surface area (Å²) in [6, 6.07) is 18.7. The Labute approximate surface area is 195 Å². The zero-order valence-electron chi connectivity index (χ0n) is 19.2. The van der Waals surface area contributed by atoms with Gasteiger partial charge in [0.15, 0.2) is 5.11 Å². The number of nitrogens with one attached hydrogen (secondary N) is 1. The van der Waals surface area contributed by atoms with Gasteiger partial charge < -0.3 is 24.4 Å². The first-order valence-electron chi connectivity index (χ1n) is 10.9. The van der Waals surface area contributed by atoms with Crippen molar-refractivity contribution in [3.05, 3.63) is 77.9 Å². The van der Waals surface area contributed by atoms with Gasteiger partial charge in [0, 0.05) is 29.8 Å². The van der Waals surface area contributed by atoms with Crippen LogP contribution in [-0.2, 0) is 0 Å². The van der Waals surface area contributed by atoms with E-state index in [4.69, 9.17) is 17.0 Å². The van der Waals surface area contributed by atoms with E-state index in [1.165, 1.54) is 11.4 Å². The van der Waals surface area contributed by atoms with Gasteiger partial charge in [-0.2, -0.15) is 0 Å². The molecule has 7 heteroatoms. The Hall–Kier alpha value is -2.90. The second-order valence-corrected chi connectivity index (χ2v) is 8.80. The number of pyridine rings is 1. The molecular weight excluding hydrogens is 418 g/mol. The summed E-state index contributed by atoms with van der Waals surface area (Å²) in [7, 11) is 5.90. The lowest BCUT2D eigenvalue weighted by Gasteiger charge is -2.29. The number of rotatable bonds is 8. The van der Waals surface area contributed by atoms with Gasteiger partial charge in [0.25, 0.3) is 0 Å². The van der Waals surface area contributed by atoms with Crippen LogP contribution in [0.4, 0.5) is 0 Å². The summed E-state index contributed by atoms with van der Waals surface area (Å²) in [6.45, 7) is 4.03. The Kier molecular flexibility index (Phi) is 6.77. The first-order valence-corrected chi connectivity index (χ1v) is 11.4. The summed E-state index contributed by atoms with van der Waals surface area (Å²) < 4.78 is 7.67. The summed E-state index contributed by atoms with van der Waals surface area (Å²) in [5, 5.41) is 4.34. The molecule has 3 aromatic rings. The SMILES string of the molecule is COc1ccc(-n2c(C)ccc2[C@@H]2[C@H](c3ccccn3)NC(=S)N2CCCN(C)C)cc1. The minimum absolute atomic E-state index is 0.0191. The second-order valence-electron chi connectivity index (χ2n) is 8.41. The van der Waals surface area contributed by atoms with Crippen molar-refractivity contribution in [1.82, 2.24) is 24.7 Å². The van der Waals surface area contributed by atoms with Crippen LogP contribution >= 0.6 is 12.2 Å². The number of nitrogens with zero attached hydrogens (tertiary/aromatic N) is 4. The van der Waals surface area contributed by atoms with Crippen molar-refractivity contribution in [2.45, 2.75) is 25.4 Å². The van der Waals surface area contributed by atoms with Crippen molar-refractivity contribution < 1.29 is 4.74 Å². The average molecular weight is 450 g/mol. The summed E-state index contributed by atoms with van der Waals surface area (Å²) >= 11 is 5.82. The molecule has 0 spiro atoms. The average Bonchev–Trinajstić information content (AvgIpc) is 3.33. The molecule has 2 atom stereocenters. The molecule has 0 saturated carbocycles. The maximum absolute atomic E-state index is 5.82. The molecule has 1 saturated heterocycles. The van der Waals surface area contributed by atoms with Crippen molar-refractivity contribution in [1.29, 1.82) is 0 Å². The molecule has 32 heavy (non-hydrogen) atoms. The van der Waals surface area contributed by atoms with Crippen LogP contribution in [0, 0.1) is 6.92 Å².